The molecule has 0 fully saturated rings. The van der Waals surface area contributed by atoms with E-state index in [9.17, 15) is 4.79 Å². The lowest BCUT2D eigenvalue weighted by atomic mass is 10.3. The molecule has 1 heterocycles. The fraction of sp³-hybridized carbons (Fsp3) is 0.333. The zero-order chi connectivity index (χ0) is 17.0. The van der Waals surface area contributed by atoms with Gasteiger partial charge in [-0.15, -0.1) is 0 Å². The molecule has 2 aromatic rings. The lowest BCUT2D eigenvalue weighted by Crippen LogP contribution is -2.13. The Morgan fingerprint density at radius 1 is 1.12 bits per heavy atom. The van der Waals surface area contributed by atoms with Crippen molar-refractivity contribution in [3.05, 3.63) is 48.7 Å². The van der Waals surface area contributed by atoms with Gasteiger partial charge in [0.2, 0.25) is 5.91 Å². The SMILES string of the molecule is O=C(CCCOc1ccccc1)Nc1ccc(NCCCO)nc1. The molecule has 0 saturated carbocycles. The van der Waals surface area contributed by atoms with Crippen LogP contribution in [0.2, 0.25) is 0 Å². The average molecular weight is 329 g/mol. The normalized spacial score (nSPS) is 10.2. The number of rotatable bonds is 10. The van der Waals surface area contributed by atoms with Crippen LogP contribution in [0.15, 0.2) is 48.7 Å². The number of nitrogens with zero attached hydrogens (tertiary/aromatic N) is 1. The largest absolute Gasteiger partial charge is 0.494 e. The first-order valence-corrected chi connectivity index (χ1v) is 8.06. The Labute approximate surface area is 141 Å². The second kappa shape index (κ2) is 10.2. The molecule has 0 aliphatic rings. The van der Waals surface area contributed by atoms with Gasteiger partial charge in [0.1, 0.15) is 11.6 Å². The number of nitrogens with one attached hydrogen (secondary N) is 2. The van der Waals surface area contributed by atoms with Crippen LogP contribution in [0.1, 0.15) is 19.3 Å². The van der Waals surface area contributed by atoms with E-state index >= 15 is 0 Å². The van der Waals surface area contributed by atoms with Gasteiger partial charge in [0.25, 0.3) is 0 Å². The second-order valence-corrected chi connectivity index (χ2v) is 5.25. The number of aliphatic hydroxyl groups is 1. The van der Waals surface area contributed by atoms with Crippen molar-refractivity contribution in [2.24, 2.45) is 0 Å². The monoisotopic (exact) mass is 329 g/mol. The summed E-state index contributed by atoms with van der Waals surface area (Å²) in [5, 5.41) is 14.6. The van der Waals surface area contributed by atoms with Gasteiger partial charge in [0, 0.05) is 19.6 Å². The van der Waals surface area contributed by atoms with Crippen molar-refractivity contribution >= 4 is 17.4 Å². The third kappa shape index (κ3) is 6.66. The van der Waals surface area contributed by atoms with Gasteiger partial charge < -0.3 is 20.5 Å². The Balaban J connectivity index is 1.64. The maximum Gasteiger partial charge on any atom is 0.224 e. The summed E-state index contributed by atoms with van der Waals surface area (Å²) in [5.74, 6) is 1.47. The minimum absolute atomic E-state index is 0.0607. The van der Waals surface area contributed by atoms with E-state index in [1.807, 2.05) is 30.3 Å². The van der Waals surface area contributed by atoms with Crippen molar-refractivity contribution in [3.8, 4) is 5.75 Å². The summed E-state index contributed by atoms with van der Waals surface area (Å²) in [6, 6.07) is 13.1. The number of carbonyl (C=O) groups excluding carboxylic acids is 1. The summed E-state index contributed by atoms with van der Waals surface area (Å²) in [6.45, 7) is 1.31. The number of benzene rings is 1. The molecule has 0 spiro atoms. The smallest absolute Gasteiger partial charge is 0.224 e. The van der Waals surface area contributed by atoms with Crippen molar-refractivity contribution in [3.63, 3.8) is 0 Å². The molecule has 1 amide bonds. The molecular formula is C18H23N3O3. The predicted octanol–water partition coefficient (Wildman–Crippen LogP) is 2.67. The van der Waals surface area contributed by atoms with Crippen LogP contribution in [0.4, 0.5) is 11.5 Å². The van der Waals surface area contributed by atoms with Crippen molar-refractivity contribution < 1.29 is 14.6 Å². The molecule has 0 radical (unpaired) electrons. The molecule has 0 saturated heterocycles. The fourth-order valence-corrected chi connectivity index (χ4v) is 2.03. The highest BCUT2D eigenvalue weighted by Crippen LogP contribution is 2.11. The van der Waals surface area contributed by atoms with Crippen molar-refractivity contribution in [2.75, 3.05) is 30.4 Å². The first-order valence-electron chi connectivity index (χ1n) is 8.06. The van der Waals surface area contributed by atoms with Crippen LogP contribution >= 0.6 is 0 Å². The molecule has 128 valence electrons. The molecule has 6 nitrogen and oxygen atoms in total. The summed E-state index contributed by atoms with van der Waals surface area (Å²) in [4.78, 5) is 16.1. The molecular weight excluding hydrogens is 306 g/mol. The van der Waals surface area contributed by atoms with E-state index in [2.05, 4.69) is 15.6 Å². The lowest BCUT2D eigenvalue weighted by molar-refractivity contribution is -0.116. The summed E-state index contributed by atoms with van der Waals surface area (Å²) >= 11 is 0. The van der Waals surface area contributed by atoms with Gasteiger partial charge in [-0.2, -0.15) is 0 Å². The number of amides is 1. The number of pyridine rings is 1. The zero-order valence-corrected chi connectivity index (χ0v) is 13.6. The van der Waals surface area contributed by atoms with E-state index in [-0.39, 0.29) is 12.5 Å². The van der Waals surface area contributed by atoms with Gasteiger partial charge >= 0.3 is 0 Å². The highest BCUT2D eigenvalue weighted by molar-refractivity contribution is 5.90. The molecule has 0 unspecified atom stereocenters. The van der Waals surface area contributed by atoms with E-state index in [0.717, 1.165) is 11.6 Å². The van der Waals surface area contributed by atoms with Crippen molar-refractivity contribution in [1.82, 2.24) is 4.98 Å². The lowest BCUT2D eigenvalue weighted by Gasteiger charge is -2.08. The first kappa shape index (κ1) is 17.7. The molecule has 1 aromatic carbocycles. The Bertz CT molecular complexity index is 603. The van der Waals surface area contributed by atoms with Crippen LogP contribution < -0.4 is 15.4 Å². The molecule has 0 aliphatic carbocycles. The molecule has 0 aliphatic heterocycles. The molecule has 2 rings (SSSR count). The molecule has 6 heteroatoms. The quantitative estimate of drug-likeness (QED) is 0.584. The summed E-state index contributed by atoms with van der Waals surface area (Å²) < 4.78 is 5.55. The molecule has 24 heavy (non-hydrogen) atoms. The predicted molar refractivity (Wildman–Crippen MR) is 94.2 cm³/mol. The van der Waals surface area contributed by atoms with Crippen LogP contribution in [0.25, 0.3) is 0 Å². The topological polar surface area (TPSA) is 83.5 Å². The minimum atomic E-state index is -0.0607. The zero-order valence-electron chi connectivity index (χ0n) is 13.6. The number of ether oxygens (including phenoxy) is 1. The standard InChI is InChI=1S/C18H23N3O3/c22-12-5-11-19-17-10-9-15(14-20-17)21-18(23)8-4-13-24-16-6-2-1-3-7-16/h1-3,6-7,9-10,14,22H,4-5,8,11-13H2,(H,19,20)(H,21,23). The fourth-order valence-electron chi connectivity index (χ4n) is 2.03. The average Bonchev–Trinajstić information content (AvgIpc) is 2.61. The van der Waals surface area contributed by atoms with Gasteiger partial charge in [-0.05, 0) is 37.1 Å². The number of carbonyl (C=O) groups is 1. The number of para-hydroxylation sites is 1. The Morgan fingerprint density at radius 2 is 1.96 bits per heavy atom. The highest BCUT2D eigenvalue weighted by atomic mass is 16.5. The highest BCUT2D eigenvalue weighted by Gasteiger charge is 2.03. The maximum atomic E-state index is 11.9. The molecule has 0 bridgehead atoms. The van der Waals surface area contributed by atoms with Crippen molar-refractivity contribution in [1.29, 1.82) is 0 Å². The number of hydrogen-bond acceptors (Lipinski definition) is 5. The van der Waals surface area contributed by atoms with E-state index in [1.54, 1.807) is 18.3 Å². The molecule has 1 aromatic heterocycles. The van der Waals surface area contributed by atoms with Gasteiger partial charge in [0.05, 0.1) is 18.5 Å². The van der Waals surface area contributed by atoms with Gasteiger partial charge in [-0.25, -0.2) is 4.98 Å². The Kier molecular flexibility index (Phi) is 7.56. The van der Waals surface area contributed by atoms with Crippen LogP contribution in [0, 0.1) is 0 Å². The van der Waals surface area contributed by atoms with E-state index in [4.69, 9.17) is 9.84 Å². The van der Waals surface area contributed by atoms with Gasteiger partial charge in [-0.1, -0.05) is 18.2 Å². The Morgan fingerprint density at radius 3 is 2.67 bits per heavy atom. The maximum absolute atomic E-state index is 11.9. The van der Waals surface area contributed by atoms with Crippen LogP contribution in [0.3, 0.4) is 0 Å². The minimum Gasteiger partial charge on any atom is -0.494 e. The van der Waals surface area contributed by atoms with E-state index in [0.29, 0.717) is 38.1 Å². The summed E-state index contributed by atoms with van der Waals surface area (Å²) in [6.07, 6.45) is 3.32. The van der Waals surface area contributed by atoms with Gasteiger partial charge in [0.15, 0.2) is 0 Å². The van der Waals surface area contributed by atoms with Crippen LogP contribution in [-0.4, -0.2) is 35.8 Å². The number of hydrogen-bond donors (Lipinski definition) is 3. The first-order chi connectivity index (χ1) is 11.8. The van der Waals surface area contributed by atoms with E-state index in [1.165, 1.54) is 0 Å². The van der Waals surface area contributed by atoms with Gasteiger partial charge in [-0.3, -0.25) is 4.79 Å². The third-order valence-corrected chi connectivity index (χ3v) is 3.25. The Hall–Kier alpha value is -2.60. The third-order valence-electron chi connectivity index (χ3n) is 3.25. The summed E-state index contributed by atoms with van der Waals surface area (Å²) in [5.41, 5.74) is 0.664. The molecule has 3 N–H and O–H groups in total. The number of aliphatic hydroxyl groups excluding tert-OH is 1. The number of anilines is 2. The van der Waals surface area contributed by atoms with Crippen LogP contribution in [0.5, 0.6) is 5.75 Å². The second-order valence-electron chi connectivity index (χ2n) is 5.25. The molecule has 0 atom stereocenters. The number of aromatic nitrogens is 1. The van der Waals surface area contributed by atoms with E-state index < -0.39 is 0 Å². The summed E-state index contributed by atoms with van der Waals surface area (Å²) in [7, 11) is 0. The van der Waals surface area contributed by atoms with Crippen molar-refractivity contribution in [2.45, 2.75) is 19.3 Å². The van der Waals surface area contributed by atoms with Crippen LogP contribution in [-0.2, 0) is 4.79 Å².